The second kappa shape index (κ2) is 6.86. The molecule has 1 aliphatic rings. The molecule has 0 heterocycles. The van der Waals surface area contributed by atoms with Gasteiger partial charge in [-0.2, -0.15) is 0 Å². The lowest BCUT2D eigenvalue weighted by Crippen LogP contribution is -2.35. The Morgan fingerprint density at radius 3 is 2.75 bits per heavy atom. The largest absolute Gasteiger partial charge is 0.395 e. The lowest BCUT2D eigenvalue weighted by atomic mass is 9.88. The monoisotopic (exact) mass is 229 g/mol. The molecule has 1 N–H and O–H groups in total. The molecule has 0 aromatic heterocycles. The second-order valence-corrected chi connectivity index (χ2v) is 4.65. The number of hydrogen-bond donors (Lipinski definition) is 1. The van der Waals surface area contributed by atoms with Crippen LogP contribution in [0.15, 0.2) is 0 Å². The van der Waals surface area contributed by atoms with Crippen molar-refractivity contribution in [1.82, 2.24) is 4.90 Å². The van der Waals surface area contributed by atoms with Gasteiger partial charge in [0.1, 0.15) is 6.61 Å². The van der Waals surface area contributed by atoms with Crippen LogP contribution in [0.3, 0.4) is 0 Å². The minimum absolute atomic E-state index is 0.00205. The molecular formula is C12H23NO3. The molecule has 94 valence electrons. The van der Waals surface area contributed by atoms with Crippen LogP contribution in [0.2, 0.25) is 0 Å². The van der Waals surface area contributed by atoms with Gasteiger partial charge in [-0.25, -0.2) is 0 Å². The topological polar surface area (TPSA) is 49.8 Å². The quantitative estimate of drug-likeness (QED) is 0.766. The number of aliphatic hydroxyl groups excluding tert-OH is 1. The number of carbonyl (C=O) groups excluding carboxylic acids is 1. The fourth-order valence-corrected chi connectivity index (χ4v) is 2.09. The molecule has 1 amide bonds. The summed E-state index contributed by atoms with van der Waals surface area (Å²) in [6.45, 7) is 2.71. The lowest BCUT2D eigenvalue weighted by Gasteiger charge is -2.29. The van der Waals surface area contributed by atoms with Crippen molar-refractivity contribution >= 4 is 5.91 Å². The van der Waals surface area contributed by atoms with Crippen LogP contribution >= 0.6 is 0 Å². The lowest BCUT2D eigenvalue weighted by molar-refractivity contribution is -0.139. The predicted molar refractivity (Wildman–Crippen MR) is 62.1 cm³/mol. The van der Waals surface area contributed by atoms with Crippen LogP contribution in [0.5, 0.6) is 0 Å². The van der Waals surface area contributed by atoms with E-state index in [-0.39, 0.29) is 25.2 Å². The molecule has 4 nitrogen and oxygen atoms in total. The molecular weight excluding hydrogens is 206 g/mol. The molecule has 0 aliphatic heterocycles. The maximum atomic E-state index is 11.6. The van der Waals surface area contributed by atoms with Crippen molar-refractivity contribution in [3.8, 4) is 0 Å². The molecule has 2 atom stereocenters. The van der Waals surface area contributed by atoms with Gasteiger partial charge < -0.3 is 14.7 Å². The second-order valence-electron chi connectivity index (χ2n) is 4.65. The van der Waals surface area contributed by atoms with E-state index in [2.05, 4.69) is 6.92 Å². The molecule has 1 fully saturated rings. The Labute approximate surface area is 97.6 Å². The maximum absolute atomic E-state index is 11.6. The standard InChI is InChI=1S/C12H23NO3/c1-10-5-3-4-6-11(10)16-9-12(15)13(2)7-8-14/h10-11,14H,3-9H2,1-2H3. The van der Waals surface area contributed by atoms with Crippen molar-refractivity contribution in [2.45, 2.75) is 38.7 Å². The molecule has 16 heavy (non-hydrogen) atoms. The van der Waals surface area contributed by atoms with Crippen molar-refractivity contribution in [1.29, 1.82) is 0 Å². The molecule has 0 aromatic rings. The van der Waals surface area contributed by atoms with Gasteiger partial charge in [-0.15, -0.1) is 0 Å². The summed E-state index contributed by atoms with van der Waals surface area (Å²) < 4.78 is 5.65. The van der Waals surface area contributed by atoms with Gasteiger partial charge in [0.2, 0.25) is 5.91 Å². The molecule has 4 heteroatoms. The fourth-order valence-electron chi connectivity index (χ4n) is 2.09. The number of aliphatic hydroxyl groups is 1. The van der Waals surface area contributed by atoms with Crippen molar-refractivity contribution in [2.24, 2.45) is 5.92 Å². The third-order valence-electron chi connectivity index (χ3n) is 3.31. The Morgan fingerprint density at radius 1 is 1.44 bits per heavy atom. The van der Waals surface area contributed by atoms with Gasteiger partial charge in [-0.1, -0.05) is 19.8 Å². The zero-order valence-electron chi connectivity index (χ0n) is 10.3. The third-order valence-corrected chi connectivity index (χ3v) is 3.31. The maximum Gasteiger partial charge on any atom is 0.248 e. The number of amides is 1. The summed E-state index contributed by atoms with van der Waals surface area (Å²) in [4.78, 5) is 13.1. The van der Waals surface area contributed by atoms with Crippen molar-refractivity contribution < 1.29 is 14.6 Å². The van der Waals surface area contributed by atoms with E-state index in [1.807, 2.05) is 0 Å². The summed E-state index contributed by atoms with van der Waals surface area (Å²) in [6.07, 6.45) is 4.98. The van der Waals surface area contributed by atoms with Crippen molar-refractivity contribution in [3.63, 3.8) is 0 Å². The van der Waals surface area contributed by atoms with E-state index in [9.17, 15) is 4.79 Å². The predicted octanol–water partition coefficient (Wildman–Crippen LogP) is 1.03. The van der Waals surface area contributed by atoms with Crippen molar-refractivity contribution in [3.05, 3.63) is 0 Å². The average Bonchev–Trinajstić information content (AvgIpc) is 2.28. The van der Waals surface area contributed by atoms with E-state index in [1.165, 1.54) is 24.2 Å². The highest BCUT2D eigenvalue weighted by Gasteiger charge is 2.23. The zero-order chi connectivity index (χ0) is 12.0. The Morgan fingerprint density at radius 2 is 2.12 bits per heavy atom. The Bertz CT molecular complexity index is 220. The summed E-state index contributed by atoms with van der Waals surface area (Å²) in [6, 6.07) is 0. The molecule has 1 aliphatic carbocycles. The van der Waals surface area contributed by atoms with Gasteiger partial charge in [-0.05, 0) is 18.8 Å². The number of nitrogens with zero attached hydrogens (tertiary/aromatic N) is 1. The third kappa shape index (κ3) is 4.10. The van der Waals surface area contributed by atoms with Crippen LogP contribution in [0.4, 0.5) is 0 Å². The fraction of sp³-hybridized carbons (Fsp3) is 0.917. The summed E-state index contributed by atoms with van der Waals surface area (Å²) in [7, 11) is 1.69. The van der Waals surface area contributed by atoms with Crippen LogP contribution < -0.4 is 0 Å². The van der Waals surface area contributed by atoms with Crippen molar-refractivity contribution in [2.75, 3.05) is 26.8 Å². The number of rotatable bonds is 5. The van der Waals surface area contributed by atoms with Gasteiger partial charge in [0.15, 0.2) is 0 Å². The first kappa shape index (κ1) is 13.5. The van der Waals surface area contributed by atoms with Gasteiger partial charge in [0, 0.05) is 13.6 Å². The van der Waals surface area contributed by atoms with Gasteiger partial charge >= 0.3 is 0 Å². The summed E-state index contributed by atoms with van der Waals surface area (Å²) in [5.41, 5.74) is 0. The molecule has 1 saturated carbocycles. The van der Waals surface area contributed by atoms with E-state index in [1.54, 1.807) is 7.05 Å². The van der Waals surface area contributed by atoms with Crippen LogP contribution in [0, 0.1) is 5.92 Å². The Kier molecular flexibility index (Phi) is 5.77. The SMILES string of the molecule is CC1CCCCC1OCC(=O)N(C)CCO. The van der Waals surface area contributed by atoms with Gasteiger partial charge in [0.05, 0.1) is 12.7 Å². The smallest absolute Gasteiger partial charge is 0.248 e. The Hall–Kier alpha value is -0.610. The van der Waals surface area contributed by atoms with Crippen LogP contribution in [0.25, 0.3) is 0 Å². The molecule has 0 radical (unpaired) electrons. The average molecular weight is 229 g/mol. The van der Waals surface area contributed by atoms with E-state index in [0.29, 0.717) is 12.5 Å². The minimum atomic E-state index is -0.0492. The van der Waals surface area contributed by atoms with Gasteiger partial charge in [-0.3, -0.25) is 4.79 Å². The number of ether oxygens (including phenoxy) is 1. The number of carbonyl (C=O) groups is 1. The van der Waals surface area contributed by atoms with Crippen LogP contribution in [-0.2, 0) is 9.53 Å². The highest BCUT2D eigenvalue weighted by atomic mass is 16.5. The highest BCUT2D eigenvalue weighted by molar-refractivity contribution is 5.77. The number of likely N-dealkylation sites (N-methyl/N-ethyl adjacent to an activating group) is 1. The molecule has 0 aromatic carbocycles. The van der Waals surface area contributed by atoms with E-state index in [4.69, 9.17) is 9.84 Å². The summed E-state index contributed by atoms with van der Waals surface area (Å²) in [5, 5.41) is 8.71. The van der Waals surface area contributed by atoms with Crippen LogP contribution in [0.1, 0.15) is 32.6 Å². The van der Waals surface area contributed by atoms with E-state index in [0.717, 1.165) is 6.42 Å². The molecule has 1 rings (SSSR count). The van der Waals surface area contributed by atoms with E-state index < -0.39 is 0 Å². The normalized spacial score (nSPS) is 25.4. The minimum Gasteiger partial charge on any atom is -0.395 e. The highest BCUT2D eigenvalue weighted by Crippen LogP contribution is 2.26. The number of hydrogen-bond acceptors (Lipinski definition) is 3. The van der Waals surface area contributed by atoms with E-state index >= 15 is 0 Å². The first-order valence-electron chi connectivity index (χ1n) is 6.11. The Balaban J connectivity index is 2.24. The zero-order valence-corrected chi connectivity index (χ0v) is 10.3. The van der Waals surface area contributed by atoms with Gasteiger partial charge in [0.25, 0.3) is 0 Å². The summed E-state index contributed by atoms with van der Waals surface area (Å²) in [5.74, 6) is 0.511. The summed E-state index contributed by atoms with van der Waals surface area (Å²) >= 11 is 0. The molecule has 0 spiro atoms. The first-order chi connectivity index (χ1) is 7.65. The first-order valence-corrected chi connectivity index (χ1v) is 6.11. The molecule has 0 bridgehead atoms. The molecule has 0 saturated heterocycles. The molecule has 2 unspecified atom stereocenters. The van der Waals surface area contributed by atoms with Crippen LogP contribution in [-0.4, -0.2) is 48.8 Å².